The number of rotatable bonds is 5. The second kappa shape index (κ2) is 6.21. The van der Waals surface area contributed by atoms with Crippen molar-refractivity contribution in [2.24, 2.45) is 5.92 Å². The highest BCUT2D eigenvalue weighted by Crippen LogP contribution is 2.37. The summed E-state index contributed by atoms with van der Waals surface area (Å²) < 4.78 is 27.2. The molecule has 3 rings (SSSR count). The molecule has 1 unspecified atom stereocenters. The van der Waals surface area contributed by atoms with Crippen molar-refractivity contribution in [1.82, 2.24) is 5.32 Å². The average Bonchev–Trinajstić information content (AvgIpc) is 3.26. The monoisotopic (exact) mass is 279 g/mol. The molecule has 0 radical (unpaired) electrons. The van der Waals surface area contributed by atoms with Crippen LogP contribution in [0.5, 0.6) is 0 Å². The Bertz CT molecular complexity index is 450. The molecule has 2 fully saturated rings. The van der Waals surface area contributed by atoms with E-state index in [1.165, 1.54) is 51.0 Å². The van der Waals surface area contributed by atoms with Crippen LogP contribution in [0.4, 0.5) is 8.78 Å². The van der Waals surface area contributed by atoms with Crippen LogP contribution in [0, 0.1) is 17.6 Å². The number of hydrogen-bond donors (Lipinski definition) is 1. The van der Waals surface area contributed by atoms with E-state index < -0.39 is 5.82 Å². The molecule has 1 aromatic carbocycles. The van der Waals surface area contributed by atoms with E-state index in [0.717, 1.165) is 12.6 Å². The fourth-order valence-corrected chi connectivity index (χ4v) is 3.45. The summed E-state index contributed by atoms with van der Waals surface area (Å²) in [6, 6.07) is 4.70. The van der Waals surface area contributed by atoms with Crippen LogP contribution in [-0.4, -0.2) is 12.6 Å². The molecule has 3 heteroatoms. The van der Waals surface area contributed by atoms with Gasteiger partial charge in [-0.2, -0.15) is 0 Å². The number of benzene rings is 1. The van der Waals surface area contributed by atoms with Crippen LogP contribution in [0.2, 0.25) is 0 Å². The third-order valence-electron chi connectivity index (χ3n) is 4.78. The highest BCUT2D eigenvalue weighted by Gasteiger charge is 2.29. The van der Waals surface area contributed by atoms with Gasteiger partial charge in [0.2, 0.25) is 0 Å². The van der Waals surface area contributed by atoms with Crippen LogP contribution in [0.3, 0.4) is 0 Å². The lowest BCUT2D eigenvalue weighted by Crippen LogP contribution is -2.30. The summed E-state index contributed by atoms with van der Waals surface area (Å²) in [6.45, 7) is 0.831. The van der Waals surface area contributed by atoms with Crippen molar-refractivity contribution in [2.75, 3.05) is 6.54 Å². The number of hydrogen-bond acceptors (Lipinski definition) is 1. The summed E-state index contributed by atoms with van der Waals surface area (Å²) in [5.41, 5.74) is 0.700. The minimum atomic E-state index is -0.483. The molecule has 0 heterocycles. The van der Waals surface area contributed by atoms with Gasteiger partial charge in [-0.05, 0) is 43.2 Å². The van der Waals surface area contributed by atoms with Crippen molar-refractivity contribution in [1.29, 1.82) is 0 Å². The van der Waals surface area contributed by atoms with Gasteiger partial charge < -0.3 is 5.32 Å². The third kappa shape index (κ3) is 3.38. The molecule has 1 atom stereocenters. The molecule has 2 aliphatic carbocycles. The zero-order valence-corrected chi connectivity index (χ0v) is 11.9. The van der Waals surface area contributed by atoms with E-state index in [4.69, 9.17) is 0 Å². The SMILES string of the molecule is Fc1ccc(C(CNC2CC2)C2CCCCC2)c(F)c1. The Kier molecular flexibility index (Phi) is 4.35. The van der Waals surface area contributed by atoms with Crippen LogP contribution in [0.1, 0.15) is 56.4 Å². The lowest BCUT2D eigenvalue weighted by atomic mass is 9.76. The topological polar surface area (TPSA) is 12.0 Å². The molecule has 0 spiro atoms. The first kappa shape index (κ1) is 14.0. The smallest absolute Gasteiger partial charge is 0.129 e. The summed E-state index contributed by atoms with van der Waals surface area (Å²) in [5, 5.41) is 3.53. The van der Waals surface area contributed by atoms with Gasteiger partial charge in [-0.25, -0.2) is 8.78 Å². The van der Waals surface area contributed by atoms with Crippen LogP contribution in [-0.2, 0) is 0 Å². The Hall–Kier alpha value is -0.960. The first-order valence-electron chi connectivity index (χ1n) is 7.92. The lowest BCUT2D eigenvalue weighted by molar-refractivity contribution is 0.291. The molecular formula is C17H23F2N. The first-order valence-corrected chi connectivity index (χ1v) is 7.92. The Morgan fingerprint density at radius 2 is 1.80 bits per heavy atom. The highest BCUT2D eigenvalue weighted by atomic mass is 19.1. The summed E-state index contributed by atoms with van der Waals surface area (Å²) >= 11 is 0. The van der Waals surface area contributed by atoms with Crippen molar-refractivity contribution in [2.45, 2.75) is 56.9 Å². The molecule has 0 saturated heterocycles. The molecule has 0 aromatic heterocycles. The molecule has 1 aromatic rings. The van der Waals surface area contributed by atoms with Crippen LogP contribution >= 0.6 is 0 Å². The number of nitrogens with one attached hydrogen (secondary N) is 1. The van der Waals surface area contributed by atoms with Crippen LogP contribution < -0.4 is 5.32 Å². The van der Waals surface area contributed by atoms with E-state index >= 15 is 0 Å². The summed E-state index contributed by atoms with van der Waals surface area (Å²) in [5.74, 6) is -0.131. The highest BCUT2D eigenvalue weighted by molar-refractivity contribution is 5.24. The standard InChI is InChI=1S/C17H23F2N/c18-13-6-9-15(17(19)10-13)16(11-20-14-7-8-14)12-4-2-1-3-5-12/h6,9-10,12,14,16,20H,1-5,7-8,11H2. The lowest BCUT2D eigenvalue weighted by Gasteiger charge is -2.31. The zero-order chi connectivity index (χ0) is 13.9. The Morgan fingerprint density at radius 1 is 1.05 bits per heavy atom. The van der Waals surface area contributed by atoms with Gasteiger partial charge in [0.15, 0.2) is 0 Å². The second-order valence-corrected chi connectivity index (χ2v) is 6.35. The molecule has 0 bridgehead atoms. The van der Waals surface area contributed by atoms with E-state index in [1.54, 1.807) is 6.07 Å². The molecular weight excluding hydrogens is 256 g/mol. The minimum absolute atomic E-state index is 0.191. The largest absolute Gasteiger partial charge is 0.313 e. The summed E-state index contributed by atoms with van der Waals surface area (Å²) in [7, 11) is 0. The Balaban J connectivity index is 1.78. The van der Waals surface area contributed by atoms with E-state index in [0.29, 0.717) is 17.5 Å². The van der Waals surface area contributed by atoms with Crippen molar-refractivity contribution in [3.8, 4) is 0 Å². The van der Waals surface area contributed by atoms with Gasteiger partial charge >= 0.3 is 0 Å². The summed E-state index contributed by atoms with van der Waals surface area (Å²) in [4.78, 5) is 0. The molecule has 0 amide bonds. The van der Waals surface area contributed by atoms with Gasteiger partial charge in [-0.3, -0.25) is 0 Å². The maximum atomic E-state index is 14.1. The Labute approximate surface area is 119 Å². The predicted octanol–water partition coefficient (Wildman–Crippen LogP) is 4.38. The minimum Gasteiger partial charge on any atom is -0.313 e. The zero-order valence-electron chi connectivity index (χ0n) is 11.9. The normalized spacial score (nSPS) is 21.9. The van der Waals surface area contributed by atoms with Gasteiger partial charge in [0.05, 0.1) is 0 Å². The van der Waals surface area contributed by atoms with Crippen LogP contribution in [0.25, 0.3) is 0 Å². The van der Waals surface area contributed by atoms with Crippen molar-refractivity contribution in [3.05, 3.63) is 35.4 Å². The van der Waals surface area contributed by atoms with Gasteiger partial charge in [0.1, 0.15) is 11.6 Å². The van der Waals surface area contributed by atoms with Crippen LogP contribution in [0.15, 0.2) is 18.2 Å². The van der Waals surface area contributed by atoms with Crippen molar-refractivity contribution < 1.29 is 8.78 Å². The molecule has 1 nitrogen and oxygen atoms in total. The van der Waals surface area contributed by atoms with E-state index in [-0.39, 0.29) is 11.7 Å². The van der Waals surface area contributed by atoms with E-state index in [1.807, 2.05) is 0 Å². The van der Waals surface area contributed by atoms with Gasteiger partial charge in [-0.15, -0.1) is 0 Å². The fourth-order valence-electron chi connectivity index (χ4n) is 3.45. The first-order chi connectivity index (χ1) is 9.74. The van der Waals surface area contributed by atoms with Gasteiger partial charge in [-0.1, -0.05) is 25.3 Å². The fraction of sp³-hybridized carbons (Fsp3) is 0.647. The molecule has 1 N–H and O–H groups in total. The van der Waals surface area contributed by atoms with Gasteiger partial charge in [0.25, 0.3) is 0 Å². The molecule has 0 aliphatic heterocycles. The van der Waals surface area contributed by atoms with E-state index in [9.17, 15) is 8.78 Å². The van der Waals surface area contributed by atoms with Crippen molar-refractivity contribution in [3.63, 3.8) is 0 Å². The third-order valence-corrected chi connectivity index (χ3v) is 4.78. The summed E-state index contributed by atoms with van der Waals surface area (Å²) in [6.07, 6.45) is 8.61. The quantitative estimate of drug-likeness (QED) is 0.843. The number of halogens is 2. The Morgan fingerprint density at radius 3 is 2.45 bits per heavy atom. The molecule has 2 aliphatic rings. The molecule has 2 saturated carbocycles. The van der Waals surface area contributed by atoms with E-state index in [2.05, 4.69) is 5.32 Å². The second-order valence-electron chi connectivity index (χ2n) is 6.35. The molecule has 20 heavy (non-hydrogen) atoms. The average molecular weight is 279 g/mol. The van der Waals surface area contributed by atoms with Gasteiger partial charge in [0, 0.05) is 24.6 Å². The maximum Gasteiger partial charge on any atom is 0.129 e. The van der Waals surface area contributed by atoms with Crippen molar-refractivity contribution >= 4 is 0 Å². The molecule has 110 valence electrons. The predicted molar refractivity (Wildman–Crippen MR) is 76.7 cm³/mol. The maximum absolute atomic E-state index is 14.1.